The number of benzene rings is 1. The van der Waals surface area contributed by atoms with Gasteiger partial charge in [0.25, 0.3) is 5.91 Å². The Labute approximate surface area is 185 Å². The molecule has 0 spiro atoms. The van der Waals surface area contributed by atoms with E-state index in [0.29, 0.717) is 31.8 Å². The number of hydrogen-bond donors (Lipinski definition) is 0. The van der Waals surface area contributed by atoms with Crippen molar-refractivity contribution in [2.75, 3.05) is 26.2 Å². The van der Waals surface area contributed by atoms with E-state index >= 15 is 0 Å². The first-order chi connectivity index (χ1) is 15.1. The highest BCUT2D eigenvalue weighted by Gasteiger charge is 2.32. The number of thiazole rings is 1. The topological polar surface area (TPSA) is 75.6 Å². The fourth-order valence-electron chi connectivity index (χ4n) is 3.64. The van der Waals surface area contributed by atoms with Crippen molar-refractivity contribution in [1.29, 1.82) is 0 Å². The molecule has 3 aromatic rings. The van der Waals surface area contributed by atoms with Gasteiger partial charge < -0.3 is 14.5 Å². The Morgan fingerprint density at radius 3 is 2.61 bits per heavy atom. The Bertz CT molecular complexity index is 1030. The van der Waals surface area contributed by atoms with Gasteiger partial charge in [-0.3, -0.25) is 14.6 Å². The molecule has 0 saturated carbocycles. The first-order valence-corrected chi connectivity index (χ1v) is 11.1. The van der Waals surface area contributed by atoms with E-state index < -0.39 is 0 Å². The lowest BCUT2D eigenvalue weighted by molar-refractivity contribution is -0.136. The van der Waals surface area contributed by atoms with E-state index in [1.54, 1.807) is 29.1 Å². The number of aromatic nitrogens is 2. The van der Waals surface area contributed by atoms with Gasteiger partial charge in [0.1, 0.15) is 10.8 Å². The van der Waals surface area contributed by atoms with Crippen LogP contribution >= 0.6 is 11.3 Å². The Hall–Kier alpha value is -3.26. The first kappa shape index (κ1) is 21.0. The summed E-state index contributed by atoms with van der Waals surface area (Å²) in [6, 6.07) is 12.9. The number of pyridine rings is 1. The Kier molecular flexibility index (Phi) is 6.57. The summed E-state index contributed by atoms with van der Waals surface area (Å²) in [7, 11) is 0. The van der Waals surface area contributed by atoms with E-state index in [2.05, 4.69) is 4.98 Å². The third-order valence-electron chi connectivity index (χ3n) is 5.31. The fraction of sp³-hybridized carbons (Fsp3) is 0.304. The van der Waals surface area contributed by atoms with E-state index in [1.165, 1.54) is 11.3 Å². The molecule has 1 atom stereocenters. The van der Waals surface area contributed by atoms with Crippen molar-refractivity contribution in [3.63, 3.8) is 0 Å². The highest BCUT2D eigenvalue weighted by Crippen LogP contribution is 2.32. The van der Waals surface area contributed by atoms with Gasteiger partial charge in [0, 0.05) is 49.9 Å². The second-order valence-electron chi connectivity index (χ2n) is 7.31. The van der Waals surface area contributed by atoms with Crippen molar-refractivity contribution in [1.82, 2.24) is 19.8 Å². The molecule has 3 heterocycles. The van der Waals surface area contributed by atoms with Gasteiger partial charge in [-0.1, -0.05) is 18.2 Å². The highest BCUT2D eigenvalue weighted by molar-refractivity contribution is 7.10. The van der Waals surface area contributed by atoms with Crippen LogP contribution in [0.15, 0.2) is 60.2 Å². The van der Waals surface area contributed by atoms with Gasteiger partial charge >= 0.3 is 0 Å². The van der Waals surface area contributed by atoms with Gasteiger partial charge in [0.05, 0.1) is 11.7 Å². The number of carbonyl (C=O) groups excluding carboxylic acids is 2. The molecule has 1 aliphatic rings. The number of ether oxygens (including phenoxy) is 1. The van der Waals surface area contributed by atoms with Crippen LogP contribution in [0.5, 0.6) is 5.75 Å². The van der Waals surface area contributed by atoms with Gasteiger partial charge in [-0.05, 0) is 30.7 Å². The minimum atomic E-state index is -0.197. The minimum Gasteiger partial charge on any atom is -0.484 e. The van der Waals surface area contributed by atoms with Gasteiger partial charge in [-0.15, -0.1) is 11.3 Å². The number of amides is 2. The smallest absolute Gasteiger partial charge is 0.261 e. The molecular formula is C23H24N4O3S. The molecule has 2 aromatic heterocycles. The van der Waals surface area contributed by atoms with Gasteiger partial charge in [0.15, 0.2) is 6.61 Å². The lowest BCUT2D eigenvalue weighted by atomic mass is 10.1. The summed E-state index contributed by atoms with van der Waals surface area (Å²) in [6.45, 7) is 3.06. The van der Waals surface area contributed by atoms with Crippen LogP contribution in [0.2, 0.25) is 0 Å². The zero-order chi connectivity index (χ0) is 21.6. The molecule has 8 heteroatoms. The van der Waals surface area contributed by atoms with Crippen molar-refractivity contribution < 1.29 is 14.3 Å². The quantitative estimate of drug-likeness (QED) is 0.613. The molecule has 0 N–H and O–H groups in total. The maximum absolute atomic E-state index is 13.1. The van der Waals surface area contributed by atoms with Gasteiger partial charge in [0.2, 0.25) is 5.91 Å². The van der Waals surface area contributed by atoms with Crippen LogP contribution in [-0.2, 0) is 9.59 Å². The van der Waals surface area contributed by atoms with Crippen LogP contribution < -0.4 is 4.74 Å². The van der Waals surface area contributed by atoms with Crippen molar-refractivity contribution in [3.8, 4) is 17.0 Å². The van der Waals surface area contributed by atoms with E-state index in [0.717, 1.165) is 16.3 Å². The fourth-order valence-corrected chi connectivity index (χ4v) is 4.62. The summed E-state index contributed by atoms with van der Waals surface area (Å²) in [6.07, 6.45) is 4.11. The first-order valence-electron chi connectivity index (χ1n) is 10.2. The van der Waals surface area contributed by atoms with Crippen molar-refractivity contribution in [3.05, 3.63) is 65.2 Å². The normalized spacial score (nSPS) is 16.6. The second-order valence-corrected chi connectivity index (χ2v) is 8.20. The highest BCUT2D eigenvalue weighted by atomic mass is 32.1. The molecule has 160 valence electrons. The lowest BCUT2D eigenvalue weighted by Crippen LogP contribution is -2.40. The molecule has 1 fully saturated rings. The Morgan fingerprint density at radius 2 is 1.87 bits per heavy atom. The monoisotopic (exact) mass is 436 g/mol. The Morgan fingerprint density at radius 1 is 1.10 bits per heavy atom. The average Bonchev–Trinajstić information content (AvgIpc) is 3.18. The lowest BCUT2D eigenvalue weighted by Gasteiger charge is -2.28. The van der Waals surface area contributed by atoms with Gasteiger partial charge in [-0.2, -0.15) is 0 Å². The summed E-state index contributed by atoms with van der Waals surface area (Å²) in [5.74, 6) is 0.562. The molecular weight excluding hydrogens is 412 g/mol. The zero-order valence-electron chi connectivity index (χ0n) is 17.3. The summed E-state index contributed by atoms with van der Waals surface area (Å²) >= 11 is 1.54. The number of rotatable bonds is 5. The van der Waals surface area contributed by atoms with Crippen LogP contribution in [-0.4, -0.2) is 57.8 Å². The van der Waals surface area contributed by atoms with Crippen LogP contribution in [0.3, 0.4) is 0 Å². The predicted octanol–water partition coefficient (Wildman–Crippen LogP) is 3.41. The van der Waals surface area contributed by atoms with E-state index in [9.17, 15) is 9.59 Å². The van der Waals surface area contributed by atoms with Crippen LogP contribution in [0.1, 0.15) is 24.4 Å². The molecule has 1 aromatic carbocycles. The van der Waals surface area contributed by atoms with E-state index in [-0.39, 0.29) is 24.5 Å². The molecule has 0 bridgehead atoms. The SMILES string of the molecule is CC(=O)N1CCC(c2nc(-c3ccncc3)cs2)N(C(=O)COc2ccccc2)CC1. The van der Waals surface area contributed by atoms with Crippen LogP contribution in [0.4, 0.5) is 0 Å². The molecule has 1 unspecified atom stereocenters. The molecule has 7 nitrogen and oxygen atoms in total. The largest absolute Gasteiger partial charge is 0.484 e. The summed E-state index contributed by atoms with van der Waals surface area (Å²) < 4.78 is 5.70. The number of para-hydroxylation sites is 1. The van der Waals surface area contributed by atoms with E-state index in [1.807, 2.05) is 47.8 Å². The summed E-state index contributed by atoms with van der Waals surface area (Å²) in [5, 5.41) is 2.87. The van der Waals surface area contributed by atoms with Crippen LogP contribution in [0.25, 0.3) is 11.3 Å². The predicted molar refractivity (Wildman–Crippen MR) is 119 cm³/mol. The van der Waals surface area contributed by atoms with Crippen molar-refractivity contribution in [2.45, 2.75) is 19.4 Å². The maximum Gasteiger partial charge on any atom is 0.261 e. The maximum atomic E-state index is 13.1. The third kappa shape index (κ3) is 5.08. The van der Waals surface area contributed by atoms with Crippen molar-refractivity contribution >= 4 is 23.2 Å². The summed E-state index contributed by atoms with van der Waals surface area (Å²) in [4.78, 5) is 37.5. The zero-order valence-corrected chi connectivity index (χ0v) is 18.1. The molecule has 4 rings (SSSR count). The number of carbonyl (C=O) groups is 2. The van der Waals surface area contributed by atoms with Gasteiger partial charge in [-0.25, -0.2) is 4.98 Å². The van der Waals surface area contributed by atoms with E-state index in [4.69, 9.17) is 9.72 Å². The number of hydrogen-bond acceptors (Lipinski definition) is 6. The molecule has 1 aliphatic heterocycles. The Balaban J connectivity index is 1.55. The molecule has 0 aliphatic carbocycles. The second kappa shape index (κ2) is 9.70. The number of nitrogens with zero attached hydrogens (tertiary/aromatic N) is 4. The van der Waals surface area contributed by atoms with Crippen molar-refractivity contribution in [2.24, 2.45) is 0 Å². The minimum absolute atomic E-state index is 0.0187. The average molecular weight is 437 g/mol. The standard InChI is InChI=1S/C23H24N4O3S/c1-17(28)26-12-9-21(23-25-20(16-31-23)18-7-10-24-11-8-18)27(14-13-26)22(29)15-30-19-5-3-2-4-6-19/h2-8,10-11,16,21H,9,12-15H2,1H3. The molecule has 1 saturated heterocycles. The molecule has 31 heavy (non-hydrogen) atoms. The molecule has 2 amide bonds. The third-order valence-corrected chi connectivity index (χ3v) is 6.26. The van der Waals surface area contributed by atoms with Crippen LogP contribution in [0, 0.1) is 0 Å². The molecule has 0 radical (unpaired) electrons. The summed E-state index contributed by atoms with van der Waals surface area (Å²) in [5.41, 5.74) is 1.85.